The summed E-state index contributed by atoms with van der Waals surface area (Å²) in [5.74, 6) is 0.819. The van der Waals surface area contributed by atoms with Crippen LogP contribution in [0.4, 0.5) is 5.69 Å². The van der Waals surface area contributed by atoms with E-state index < -0.39 is 22.5 Å². The Labute approximate surface area is 261 Å². The minimum absolute atomic E-state index is 0.0471. The number of hydrogen-bond acceptors (Lipinski definition) is 7. The summed E-state index contributed by atoms with van der Waals surface area (Å²) in [5.41, 5.74) is 0.0102. The normalized spacial score (nSPS) is 42.3. The maximum atomic E-state index is 13.1. The van der Waals surface area contributed by atoms with Crippen LogP contribution in [0, 0.1) is 55.9 Å². The van der Waals surface area contributed by atoms with Gasteiger partial charge in [-0.3, -0.25) is 10.1 Å². The van der Waals surface area contributed by atoms with Gasteiger partial charge in [-0.1, -0.05) is 33.3 Å². The van der Waals surface area contributed by atoms with Crippen molar-refractivity contribution in [3.05, 3.63) is 51.6 Å². The molecular weight excluding hydrogens is 558 g/mol. The Balaban J connectivity index is 1.18. The van der Waals surface area contributed by atoms with Crippen molar-refractivity contribution in [2.24, 2.45) is 45.8 Å². The highest BCUT2D eigenvalue weighted by atomic mass is 16.6. The first-order valence-corrected chi connectivity index (χ1v) is 16.6. The number of nitro groups is 1. The molecule has 0 aromatic heterocycles. The summed E-state index contributed by atoms with van der Waals surface area (Å²) in [7, 11) is 0. The number of benzene rings is 1. The first-order chi connectivity index (χ1) is 20.6. The Hall–Kier alpha value is -2.74. The Morgan fingerprint density at radius 1 is 0.955 bits per heavy atom. The van der Waals surface area contributed by atoms with Crippen LogP contribution >= 0.6 is 0 Å². The number of esters is 2. The molecule has 1 aliphatic heterocycles. The van der Waals surface area contributed by atoms with E-state index in [1.54, 1.807) is 0 Å². The van der Waals surface area contributed by atoms with Crippen LogP contribution < -0.4 is 0 Å². The molecular formula is C36H49NO7. The molecule has 0 unspecified atom stereocenters. The highest BCUT2D eigenvalue weighted by Gasteiger charge is 2.67. The van der Waals surface area contributed by atoms with Crippen LogP contribution in [0.25, 0.3) is 0 Å². The highest BCUT2D eigenvalue weighted by Crippen LogP contribution is 2.72. The minimum atomic E-state index is -1.39. The number of nitro benzene ring substituents is 1. The SMILES string of the molecule is CC(C)=C[C@@H]1C[C@](O)([C@H]2CC[C@@H]3[C@@H]2CC[C@H]2[C@@]3(C)CC[C@H]3C(C)(C)[C@@H](OC(=O)c4ccc([N+](=O)[O-])cc4)CC[C@]23C)C(=O)O1. The molecule has 5 fully saturated rings. The Bertz CT molecular complexity index is 1360. The molecule has 8 nitrogen and oxygen atoms in total. The first-order valence-electron chi connectivity index (χ1n) is 16.6. The van der Waals surface area contributed by atoms with Crippen LogP contribution in [-0.2, 0) is 14.3 Å². The van der Waals surface area contributed by atoms with Gasteiger partial charge in [-0.05, 0) is 118 Å². The Morgan fingerprint density at radius 2 is 1.61 bits per heavy atom. The number of non-ortho nitro benzene ring substituents is 1. The number of rotatable bonds is 5. The summed E-state index contributed by atoms with van der Waals surface area (Å²) < 4.78 is 11.8. The standard InChI is InChI=1S/C36H49NO7/c1-21(2)19-24-20-36(40,32(39)43-24)27-13-12-26-25(27)11-14-29-34(26,5)17-15-28-33(3,4)30(16-18-35(28,29)6)44-31(38)22-7-9-23(10-8-22)37(41)42/h7-10,19,24-30,40H,11-18,20H2,1-6H3/t24-,25+,26-,27+,28+,29+,30+,34+,35+,36+/m1/s1. The molecule has 1 saturated heterocycles. The van der Waals surface area contributed by atoms with Crippen molar-refractivity contribution >= 4 is 17.6 Å². The van der Waals surface area contributed by atoms with Crippen molar-refractivity contribution in [3.8, 4) is 0 Å². The predicted octanol–water partition coefficient (Wildman–Crippen LogP) is 7.43. The molecule has 1 aromatic rings. The molecule has 5 aliphatic rings. The molecule has 44 heavy (non-hydrogen) atoms. The summed E-state index contributed by atoms with van der Waals surface area (Å²) in [6.45, 7) is 13.5. The fourth-order valence-electron chi connectivity index (χ4n) is 11.5. The van der Waals surface area contributed by atoms with Gasteiger partial charge >= 0.3 is 11.9 Å². The lowest BCUT2D eigenvalue weighted by Gasteiger charge is -2.67. The maximum absolute atomic E-state index is 13.1. The second kappa shape index (κ2) is 10.7. The molecule has 8 heteroatoms. The third-order valence-corrected chi connectivity index (χ3v) is 13.3. The molecule has 10 atom stereocenters. The number of ether oxygens (including phenoxy) is 2. The van der Waals surface area contributed by atoms with Crippen LogP contribution in [0.2, 0.25) is 0 Å². The fourth-order valence-corrected chi connectivity index (χ4v) is 11.5. The monoisotopic (exact) mass is 607 g/mol. The van der Waals surface area contributed by atoms with E-state index in [0.29, 0.717) is 35.7 Å². The van der Waals surface area contributed by atoms with Gasteiger partial charge in [0.25, 0.3) is 5.69 Å². The molecule has 1 aromatic carbocycles. The lowest BCUT2D eigenvalue weighted by atomic mass is 9.38. The lowest BCUT2D eigenvalue weighted by molar-refractivity contribution is -0.384. The van der Waals surface area contributed by atoms with E-state index in [2.05, 4.69) is 27.7 Å². The van der Waals surface area contributed by atoms with Crippen LogP contribution in [-0.4, -0.2) is 39.8 Å². The molecule has 4 saturated carbocycles. The van der Waals surface area contributed by atoms with Crippen molar-refractivity contribution in [1.82, 2.24) is 0 Å². The molecule has 1 N–H and O–H groups in total. The second-order valence-corrected chi connectivity index (χ2v) is 16.1. The number of fused-ring (bicyclic) bond motifs is 5. The summed E-state index contributed by atoms with van der Waals surface area (Å²) >= 11 is 0. The van der Waals surface area contributed by atoms with Crippen LogP contribution in [0.15, 0.2) is 35.9 Å². The van der Waals surface area contributed by atoms with E-state index >= 15 is 0 Å². The van der Waals surface area contributed by atoms with Crippen molar-refractivity contribution in [2.45, 2.75) is 117 Å². The minimum Gasteiger partial charge on any atom is -0.458 e. The van der Waals surface area contributed by atoms with Gasteiger partial charge in [0.05, 0.1) is 10.5 Å². The van der Waals surface area contributed by atoms with Gasteiger partial charge in [0.15, 0.2) is 5.60 Å². The van der Waals surface area contributed by atoms with Crippen LogP contribution in [0.5, 0.6) is 0 Å². The average molecular weight is 608 g/mol. The summed E-state index contributed by atoms with van der Waals surface area (Å²) in [6.07, 6.45) is 9.73. The van der Waals surface area contributed by atoms with E-state index in [4.69, 9.17) is 9.47 Å². The largest absolute Gasteiger partial charge is 0.458 e. The van der Waals surface area contributed by atoms with E-state index in [1.807, 2.05) is 19.9 Å². The number of nitrogens with zero attached hydrogens (tertiary/aromatic N) is 1. The number of aliphatic hydroxyl groups is 1. The van der Waals surface area contributed by atoms with Crippen molar-refractivity contribution < 1.29 is 29.1 Å². The number of hydrogen-bond donors (Lipinski definition) is 1. The van der Waals surface area contributed by atoms with Crippen LogP contribution in [0.3, 0.4) is 0 Å². The highest BCUT2D eigenvalue weighted by molar-refractivity contribution is 5.89. The first kappa shape index (κ1) is 31.3. The molecule has 0 amide bonds. The number of carbonyl (C=O) groups is 2. The quantitative estimate of drug-likeness (QED) is 0.160. The second-order valence-electron chi connectivity index (χ2n) is 16.1. The number of cyclic esters (lactones) is 1. The van der Waals surface area contributed by atoms with Gasteiger partial charge in [-0.25, -0.2) is 9.59 Å². The molecule has 0 bridgehead atoms. The Morgan fingerprint density at radius 3 is 2.27 bits per heavy atom. The van der Waals surface area contributed by atoms with Gasteiger partial charge in [-0.2, -0.15) is 0 Å². The number of allylic oxidation sites excluding steroid dienone is 1. The van der Waals surface area contributed by atoms with Gasteiger partial charge in [0, 0.05) is 29.9 Å². The molecule has 240 valence electrons. The molecule has 0 spiro atoms. The fraction of sp³-hybridized carbons (Fsp3) is 0.722. The molecule has 1 heterocycles. The average Bonchev–Trinajstić information content (AvgIpc) is 3.51. The molecule has 6 rings (SSSR count). The molecule has 4 aliphatic carbocycles. The van der Waals surface area contributed by atoms with E-state index in [-0.39, 0.29) is 40.1 Å². The summed E-state index contributed by atoms with van der Waals surface area (Å²) in [4.78, 5) is 36.8. The van der Waals surface area contributed by atoms with Crippen LogP contribution in [0.1, 0.15) is 110 Å². The van der Waals surface area contributed by atoms with Crippen molar-refractivity contribution in [1.29, 1.82) is 0 Å². The van der Waals surface area contributed by atoms with Gasteiger partial charge in [-0.15, -0.1) is 0 Å². The maximum Gasteiger partial charge on any atom is 0.339 e. The summed E-state index contributed by atoms with van der Waals surface area (Å²) in [5, 5.41) is 22.9. The number of carbonyl (C=O) groups excluding carboxylic acids is 2. The molecule has 0 radical (unpaired) electrons. The third kappa shape index (κ3) is 4.73. The van der Waals surface area contributed by atoms with Gasteiger partial charge in [0.1, 0.15) is 12.2 Å². The topological polar surface area (TPSA) is 116 Å². The van der Waals surface area contributed by atoms with E-state index in [9.17, 15) is 24.8 Å². The third-order valence-electron chi connectivity index (χ3n) is 13.3. The zero-order chi connectivity index (χ0) is 31.8. The zero-order valence-corrected chi connectivity index (χ0v) is 27.1. The van der Waals surface area contributed by atoms with Gasteiger partial charge < -0.3 is 14.6 Å². The smallest absolute Gasteiger partial charge is 0.339 e. The summed E-state index contributed by atoms with van der Waals surface area (Å²) in [6, 6.07) is 5.65. The van der Waals surface area contributed by atoms with E-state index in [1.165, 1.54) is 24.3 Å². The predicted molar refractivity (Wildman–Crippen MR) is 166 cm³/mol. The lowest BCUT2D eigenvalue weighted by Crippen LogP contribution is -2.62. The zero-order valence-electron chi connectivity index (χ0n) is 27.1. The van der Waals surface area contributed by atoms with Gasteiger partial charge in [0.2, 0.25) is 0 Å². The Kier molecular flexibility index (Phi) is 7.58. The van der Waals surface area contributed by atoms with Crippen molar-refractivity contribution in [2.75, 3.05) is 0 Å². The van der Waals surface area contributed by atoms with Crippen molar-refractivity contribution in [3.63, 3.8) is 0 Å². The van der Waals surface area contributed by atoms with E-state index in [0.717, 1.165) is 56.9 Å².